The van der Waals surface area contributed by atoms with Crippen LogP contribution in [0.1, 0.15) is 22.6 Å². The molecule has 0 aliphatic carbocycles. The molecule has 0 bridgehead atoms. The van der Waals surface area contributed by atoms with Crippen LogP contribution >= 0.6 is 0 Å². The van der Waals surface area contributed by atoms with E-state index in [0.717, 1.165) is 9.87 Å². The lowest BCUT2D eigenvalue weighted by Gasteiger charge is -2.28. The van der Waals surface area contributed by atoms with Crippen molar-refractivity contribution in [2.24, 2.45) is 0 Å². The molecule has 0 radical (unpaired) electrons. The lowest BCUT2D eigenvalue weighted by atomic mass is 9.90. The standard InChI is InChI=1S/C28H25NO4S/c1-21-13-19-26(20-14-21)34(31,32)29(24-15-17-25(33-2)18-16-24)28(30)27(22-9-5-3-6-10-22)23-11-7-4-8-12-23/h3-20,27H,1-2H3. The second kappa shape index (κ2) is 9.93. The number of methoxy groups -OCH3 is 1. The van der Waals surface area contributed by atoms with Crippen LogP contribution in [-0.4, -0.2) is 21.4 Å². The van der Waals surface area contributed by atoms with Gasteiger partial charge in [-0.05, 0) is 54.4 Å². The Kier molecular flexibility index (Phi) is 6.80. The first-order valence-electron chi connectivity index (χ1n) is 10.8. The highest BCUT2D eigenvalue weighted by molar-refractivity contribution is 7.93. The number of carbonyl (C=O) groups excluding carboxylic acids is 1. The summed E-state index contributed by atoms with van der Waals surface area (Å²) in [6.45, 7) is 1.88. The monoisotopic (exact) mass is 471 g/mol. The fourth-order valence-electron chi connectivity index (χ4n) is 3.80. The smallest absolute Gasteiger partial charge is 0.270 e. The molecule has 0 atom stereocenters. The first-order valence-corrected chi connectivity index (χ1v) is 12.3. The molecule has 172 valence electrons. The highest BCUT2D eigenvalue weighted by atomic mass is 32.2. The predicted octanol–water partition coefficient (Wildman–Crippen LogP) is 5.56. The number of aryl methyl sites for hydroxylation is 1. The van der Waals surface area contributed by atoms with Crippen LogP contribution in [0.25, 0.3) is 0 Å². The summed E-state index contributed by atoms with van der Waals surface area (Å²) in [4.78, 5) is 14.2. The maximum atomic E-state index is 14.2. The van der Waals surface area contributed by atoms with Gasteiger partial charge in [0.05, 0.1) is 23.6 Å². The maximum absolute atomic E-state index is 14.2. The van der Waals surface area contributed by atoms with Crippen molar-refractivity contribution in [2.45, 2.75) is 17.7 Å². The van der Waals surface area contributed by atoms with E-state index in [-0.39, 0.29) is 10.6 Å². The average Bonchev–Trinajstić information content (AvgIpc) is 2.86. The van der Waals surface area contributed by atoms with Gasteiger partial charge < -0.3 is 4.74 Å². The van der Waals surface area contributed by atoms with Crippen LogP contribution < -0.4 is 9.04 Å². The van der Waals surface area contributed by atoms with Crippen molar-refractivity contribution in [3.05, 3.63) is 126 Å². The van der Waals surface area contributed by atoms with Crippen LogP contribution in [0.2, 0.25) is 0 Å². The molecule has 0 N–H and O–H groups in total. The summed E-state index contributed by atoms with van der Waals surface area (Å²) >= 11 is 0. The number of hydrogen-bond donors (Lipinski definition) is 0. The van der Waals surface area contributed by atoms with Crippen molar-refractivity contribution in [1.29, 1.82) is 0 Å². The Morgan fingerprint density at radius 2 is 1.24 bits per heavy atom. The zero-order chi connectivity index (χ0) is 24.1. The van der Waals surface area contributed by atoms with E-state index >= 15 is 0 Å². The van der Waals surface area contributed by atoms with Crippen molar-refractivity contribution in [1.82, 2.24) is 0 Å². The molecule has 4 aromatic rings. The third-order valence-electron chi connectivity index (χ3n) is 5.58. The van der Waals surface area contributed by atoms with Crippen molar-refractivity contribution >= 4 is 21.6 Å². The fraction of sp³-hybridized carbons (Fsp3) is 0.107. The van der Waals surface area contributed by atoms with Crippen molar-refractivity contribution in [3.63, 3.8) is 0 Å². The van der Waals surface area contributed by atoms with Crippen molar-refractivity contribution < 1.29 is 17.9 Å². The fourth-order valence-corrected chi connectivity index (χ4v) is 5.24. The number of anilines is 1. The molecule has 34 heavy (non-hydrogen) atoms. The molecular formula is C28H25NO4S. The van der Waals surface area contributed by atoms with Gasteiger partial charge in [-0.15, -0.1) is 0 Å². The highest BCUT2D eigenvalue weighted by Crippen LogP contribution is 2.33. The molecule has 0 aromatic heterocycles. The summed E-state index contributed by atoms with van der Waals surface area (Å²) in [5, 5.41) is 0. The molecule has 6 heteroatoms. The summed E-state index contributed by atoms with van der Waals surface area (Å²) in [5.41, 5.74) is 2.57. The van der Waals surface area contributed by atoms with Gasteiger partial charge in [-0.25, -0.2) is 12.7 Å². The van der Waals surface area contributed by atoms with E-state index < -0.39 is 21.8 Å². The zero-order valence-corrected chi connectivity index (χ0v) is 19.8. The molecular weight excluding hydrogens is 446 g/mol. The second-order valence-corrected chi connectivity index (χ2v) is 9.66. The van der Waals surface area contributed by atoms with Crippen LogP contribution in [0.15, 0.2) is 114 Å². The molecule has 5 nitrogen and oxygen atoms in total. The quantitative estimate of drug-likeness (QED) is 0.354. The van der Waals surface area contributed by atoms with Gasteiger partial charge in [-0.1, -0.05) is 78.4 Å². The highest BCUT2D eigenvalue weighted by Gasteiger charge is 2.37. The zero-order valence-electron chi connectivity index (χ0n) is 19.0. The van der Waals surface area contributed by atoms with Gasteiger partial charge in [0, 0.05) is 0 Å². The topological polar surface area (TPSA) is 63.7 Å². The number of rotatable bonds is 7. The van der Waals surface area contributed by atoms with Gasteiger partial charge in [0.1, 0.15) is 5.75 Å². The molecule has 4 rings (SSSR count). The largest absolute Gasteiger partial charge is 0.497 e. The number of sulfonamides is 1. The molecule has 0 spiro atoms. The predicted molar refractivity (Wildman–Crippen MR) is 134 cm³/mol. The van der Waals surface area contributed by atoms with E-state index in [9.17, 15) is 13.2 Å². The van der Waals surface area contributed by atoms with Crippen molar-refractivity contribution in [3.8, 4) is 5.75 Å². The average molecular weight is 472 g/mol. The minimum atomic E-state index is -4.21. The first-order chi connectivity index (χ1) is 16.4. The van der Waals surface area contributed by atoms with E-state index in [1.165, 1.54) is 19.2 Å². The van der Waals surface area contributed by atoms with E-state index in [1.54, 1.807) is 36.4 Å². The molecule has 0 heterocycles. The van der Waals surface area contributed by atoms with E-state index in [0.29, 0.717) is 16.9 Å². The summed E-state index contributed by atoms with van der Waals surface area (Å²) in [5.74, 6) is -0.820. The number of amides is 1. The van der Waals surface area contributed by atoms with E-state index in [4.69, 9.17) is 4.74 Å². The van der Waals surface area contributed by atoms with Crippen molar-refractivity contribution in [2.75, 3.05) is 11.4 Å². The molecule has 1 amide bonds. The van der Waals surface area contributed by atoms with Gasteiger partial charge in [0.25, 0.3) is 15.9 Å². The lowest BCUT2D eigenvalue weighted by Crippen LogP contribution is -2.40. The molecule has 0 aliphatic rings. The summed E-state index contributed by atoms with van der Waals surface area (Å²) < 4.78 is 33.9. The van der Waals surface area contributed by atoms with Crippen LogP contribution in [-0.2, 0) is 14.8 Å². The number of nitrogens with zero attached hydrogens (tertiary/aromatic N) is 1. The minimum Gasteiger partial charge on any atom is -0.497 e. The van der Waals surface area contributed by atoms with Crippen LogP contribution in [0.3, 0.4) is 0 Å². The number of ether oxygens (including phenoxy) is 1. The Balaban J connectivity index is 1.90. The second-order valence-electron chi connectivity index (χ2n) is 7.87. The SMILES string of the molecule is COc1ccc(N(C(=O)C(c2ccccc2)c2ccccc2)S(=O)(=O)c2ccc(C)cc2)cc1. The maximum Gasteiger partial charge on any atom is 0.270 e. The molecule has 4 aromatic carbocycles. The summed E-state index contributed by atoms with van der Waals surface area (Å²) in [6, 6.07) is 31.3. The van der Waals surface area contributed by atoms with Gasteiger partial charge in [-0.3, -0.25) is 4.79 Å². The van der Waals surface area contributed by atoms with Gasteiger partial charge >= 0.3 is 0 Å². The Morgan fingerprint density at radius 3 is 1.71 bits per heavy atom. The number of carbonyl (C=O) groups is 1. The Morgan fingerprint density at radius 1 is 0.735 bits per heavy atom. The lowest BCUT2D eigenvalue weighted by molar-refractivity contribution is -0.118. The van der Waals surface area contributed by atoms with E-state index in [2.05, 4.69) is 0 Å². The van der Waals surface area contributed by atoms with Crippen LogP contribution in [0, 0.1) is 6.92 Å². The van der Waals surface area contributed by atoms with E-state index in [1.807, 2.05) is 67.6 Å². The first kappa shape index (κ1) is 23.3. The minimum absolute atomic E-state index is 0.0436. The molecule has 0 unspecified atom stereocenters. The third-order valence-corrected chi connectivity index (χ3v) is 7.32. The number of benzene rings is 4. The normalized spacial score (nSPS) is 11.3. The van der Waals surface area contributed by atoms with Gasteiger partial charge in [0.15, 0.2) is 0 Å². The molecule has 0 fully saturated rings. The van der Waals surface area contributed by atoms with Crippen LogP contribution in [0.5, 0.6) is 5.75 Å². The molecule has 0 saturated heterocycles. The Labute approximate surface area is 200 Å². The molecule has 0 saturated carbocycles. The van der Waals surface area contributed by atoms with Gasteiger partial charge in [-0.2, -0.15) is 0 Å². The van der Waals surface area contributed by atoms with Gasteiger partial charge in [0.2, 0.25) is 0 Å². The Hall–Kier alpha value is -3.90. The third kappa shape index (κ3) is 4.72. The number of hydrogen-bond acceptors (Lipinski definition) is 4. The summed E-state index contributed by atoms with van der Waals surface area (Å²) in [6.07, 6.45) is 0. The Bertz CT molecular complexity index is 1310. The summed E-state index contributed by atoms with van der Waals surface area (Å²) in [7, 11) is -2.68. The van der Waals surface area contributed by atoms with Crippen LogP contribution in [0.4, 0.5) is 5.69 Å². The molecule has 0 aliphatic heterocycles.